The van der Waals surface area contributed by atoms with Gasteiger partial charge in [-0.15, -0.1) is 11.3 Å². The number of nitrogens with zero attached hydrogens (tertiary/aromatic N) is 2. The van der Waals surface area contributed by atoms with E-state index >= 15 is 0 Å². The summed E-state index contributed by atoms with van der Waals surface area (Å²) >= 11 is 1.62. The lowest BCUT2D eigenvalue weighted by atomic mass is 10.1. The standard InChI is InChI=1S/C16H18N4O2S/c17-11(6-3-4-8-22-16(18)21)15-20-13-9-19-12-7-2-1-5-10(12)14(13)23-15/h1-2,5,7,9,11H,3-4,6,8,17H2,(H2,18,21)/t11-/m1/s1. The first-order valence-corrected chi connectivity index (χ1v) is 8.29. The molecular formula is C16H18N4O2S. The molecule has 3 rings (SSSR count). The molecule has 0 aliphatic heterocycles. The van der Waals surface area contributed by atoms with Gasteiger partial charge in [0.15, 0.2) is 0 Å². The van der Waals surface area contributed by atoms with Crippen LogP contribution in [0.15, 0.2) is 30.5 Å². The van der Waals surface area contributed by atoms with E-state index in [-0.39, 0.29) is 6.04 Å². The van der Waals surface area contributed by atoms with Gasteiger partial charge in [-0.05, 0) is 25.3 Å². The number of benzene rings is 1. The number of thiazole rings is 1. The third-order valence-electron chi connectivity index (χ3n) is 3.62. The molecule has 0 spiro atoms. The van der Waals surface area contributed by atoms with Gasteiger partial charge in [0.1, 0.15) is 10.5 Å². The van der Waals surface area contributed by atoms with Crippen molar-refractivity contribution in [2.24, 2.45) is 11.5 Å². The average molecular weight is 330 g/mol. The van der Waals surface area contributed by atoms with Crippen LogP contribution in [-0.2, 0) is 4.74 Å². The van der Waals surface area contributed by atoms with E-state index in [4.69, 9.17) is 16.2 Å². The molecule has 0 radical (unpaired) electrons. The van der Waals surface area contributed by atoms with Crippen molar-refractivity contribution in [3.8, 4) is 0 Å². The van der Waals surface area contributed by atoms with E-state index in [1.807, 2.05) is 18.2 Å². The Morgan fingerprint density at radius 1 is 1.26 bits per heavy atom. The van der Waals surface area contributed by atoms with Gasteiger partial charge in [-0.25, -0.2) is 9.78 Å². The van der Waals surface area contributed by atoms with Crippen LogP contribution < -0.4 is 11.5 Å². The number of carbonyl (C=O) groups excluding carboxylic acids is 1. The Hall–Kier alpha value is -2.25. The third kappa shape index (κ3) is 3.57. The number of pyridine rings is 1. The first-order chi connectivity index (χ1) is 11.1. The second-order valence-electron chi connectivity index (χ2n) is 5.31. The molecule has 2 aromatic heterocycles. The fourth-order valence-electron chi connectivity index (χ4n) is 2.46. The maximum atomic E-state index is 10.5. The molecule has 4 N–H and O–H groups in total. The molecule has 0 saturated heterocycles. The summed E-state index contributed by atoms with van der Waals surface area (Å²) in [6.07, 6.45) is 3.44. The Balaban J connectivity index is 1.70. The highest BCUT2D eigenvalue weighted by Crippen LogP contribution is 2.32. The number of hydrogen-bond donors (Lipinski definition) is 2. The number of primary amides is 1. The van der Waals surface area contributed by atoms with Crippen LogP contribution in [-0.4, -0.2) is 22.7 Å². The van der Waals surface area contributed by atoms with E-state index < -0.39 is 6.09 Å². The Labute approximate surface area is 137 Å². The molecule has 7 heteroatoms. The molecule has 3 aromatic rings. The van der Waals surface area contributed by atoms with E-state index in [1.54, 1.807) is 17.5 Å². The van der Waals surface area contributed by atoms with Crippen LogP contribution in [0.4, 0.5) is 4.79 Å². The molecular weight excluding hydrogens is 312 g/mol. The number of rotatable bonds is 6. The number of unbranched alkanes of at least 4 members (excludes halogenated alkanes) is 1. The predicted octanol–water partition coefficient (Wildman–Crippen LogP) is 3.11. The van der Waals surface area contributed by atoms with E-state index in [0.29, 0.717) is 6.61 Å². The van der Waals surface area contributed by atoms with Gasteiger partial charge in [0.05, 0.1) is 29.1 Å². The number of nitrogens with two attached hydrogens (primary N) is 2. The molecule has 23 heavy (non-hydrogen) atoms. The lowest BCUT2D eigenvalue weighted by molar-refractivity contribution is 0.154. The Morgan fingerprint density at radius 3 is 2.91 bits per heavy atom. The molecule has 0 unspecified atom stereocenters. The predicted molar refractivity (Wildman–Crippen MR) is 91.2 cm³/mol. The van der Waals surface area contributed by atoms with Crippen LogP contribution in [0.3, 0.4) is 0 Å². The summed E-state index contributed by atoms with van der Waals surface area (Å²) in [7, 11) is 0. The molecule has 0 aliphatic rings. The van der Waals surface area contributed by atoms with E-state index in [1.165, 1.54) is 0 Å². The summed E-state index contributed by atoms with van der Waals surface area (Å²) in [5, 5.41) is 2.02. The van der Waals surface area contributed by atoms with Crippen molar-refractivity contribution in [1.29, 1.82) is 0 Å². The highest BCUT2D eigenvalue weighted by molar-refractivity contribution is 7.19. The zero-order chi connectivity index (χ0) is 16.2. The zero-order valence-corrected chi connectivity index (χ0v) is 13.4. The first-order valence-electron chi connectivity index (χ1n) is 7.47. The van der Waals surface area contributed by atoms with Crippen LogP contribution in [0.25, 0.3) is 21.1 Å². The highest BCUT2D eigenvalue weighted by Gasteiger charge is 2.14. The molecule has 1 aromatic carbocycles. The monoisotopic (exact) mass is 330 g/mol. The SMILES string of the molecule is NC(=O)OCCCC[C@@H](N)c1nc2cnc3ccccc3c2s1. The van der Waals surface area contributed by atoms with Gasteiger partial charge in [-0.2, -0.15) is 0 Å². The number of para-hydroxylation sites is 1. The summed E-state index contributed by atoms with van der Waals surface area (Å²) in [6.45, 7) is 0.330. The largest absolute Gasteiger partial charge is 0.450 e. The summed E-state index contributed by atoms with van der Waals surface area (Å²) in [5.41, 5.74) is 13.0. The van der Waals surface area contributed by atoms with E-state index in [2.05, 4.69) is 16.0 Å². The molecule has 6 nitrogen and oxygen atoms in total. The second kappa shape index (κ2) is 6.89. The van der Waals surface area contributed by atoms with Crippen molar-refractivity contribution in [2.45, 2.75) is 25.3 Å². The van der Waals surface area contributed by atoms with Gasteiger partial charge in [0.25, 0.3) is 0 Å². The van der Waals surface area contributed by atoms with Crippen molar-refractivity contribution in [3.05, 3.63) is 35.5 Å². The van der Waals surface area contributed by atoms with Crippen molar-refractivity contribution >= 4 is 38.5 Å². The maximum absolute atomic E-state index is 10.5. The number of hydrogen-bond acceptors (Lipinski definition) is 6. The van der Waals surface area contributed by atoms with Gasteiger partial charge in [-0.1, -0.05) is 18.2 Å². The number of amides is 1. The van der Waals surface area contributed by atoms with Gasteiger partial charge >= 0.3 is 6.09 Å². The van der Waals surface area contributed by atoms with Crippen LogP contribution in [0.5, 0.6) is 0 Å². The van der Waals surface area contributed by atoms with Crippen molar-refractivity contribution in [2.75, 3.05) is 6.61 Å². The molecule has 0 fully saturated rings. The lowest BCUT2D eigenvalue weighted by Gasteiger charge is -2.07. The molecule has 1 atom stereocenters. The number of aromatic nitrogens is 2. The normalized spacial score (nSPS) is 12.6. The minimum absolute atomic E-state index is 0.125. The third-order valence-corrected chi connectivity index (χ3v) is 4.85. The summed E-state index contributed by atoms with van der Waals surface area (Å²) < 4.78 is 5.83. The quantitative estimate of drug-likeness (QED) is 0.676. The van der Waals surface area contributed by atoms with Crippen molar-refractivity contribution in [1.82, 2.24) is 9.97 Å². The van der Waals surface area contributed by atoms with Crippen molar-refractivity contribution < 1.29 is 9.53 Å². The topological polar surface area (TPSA) is 104 Å². The molecule has 120 valence electrons. The van der Waals surface area contributed by atoms with Crippen molar-refractivity contribution in [3.63, 3.8) is 0 Å². The molecule has 0 bridgehead atoms. The Kier molecular flexibility index (Phi) is 4.68. The zero-order valence-electron chi connectivity index (χ0n) is 12.6. The molecule has 1 amide bonds. The van der Waals surface area contributed by atoms with Crippen LogP contribution in [0, 0.1) is 0 Å². The number of ether oxygens (including phenoxy) is 1. The fraction of sp³-hybridized carbons (Fsp3) is 0.312. The molecule has 0 saturated carbocycles. The number of carbonyl (C=O) groups is 1. The smallest absolute Gasteiger partial charge is 0.404 e. The minimum atomic E-state index is -0.736. The first kappa shape index (κ1) is 15.6. The molecule has 0 aliphatic carbocycles. The van der Waals surface area contributed by atoms with Crippen LogP contribution in [0.1, 0.15) is 30.3 Å². The maximum Gasteiger partial charge on any atom is 0.404 e. The van der Waals surface area contributed by atoms with Gasteiger partial charge in [0.2, 0.25) is 0 Å². The summed E-state index contributed by atoms with van der Waals surface area (Å²) in [6, 6.07) is 7.90. The summed E-state index contributed by atoms with van der Waals surface area (Å²) in [5.74, 6) is 0. The van der Waals surface area contributed by atoms with Crippen LogP contribution in [0.2, 0.25) is 0 Å². The fourth-order valence-corrected chi connectivity index (χ4v) is 3.57. The van der Waals surface area contributed by atoms with Gasteiger partial charge in [-0.3, -0.25) is 4.98 Å². The van der Waals surface area contributed by atoms with E-state index in [9.17, 15) is 4.79 Å². The average Bonchev–Trinajstić information content (AvgIpc) is 2.99. The van der Waals surface area contributed by atoms with Gasteiger partial charge in [0, 0.05) is 5.39 Å². The highest BCUT2D eigenvalue weighted by atomic mass is 32.1. The van der Waals surface area contributed by atoms with Crippen LogP contribution >= 0.6 is 11.3 Å². The molecule has 2 heterocycles. The van der Waals surface area contributed by atoms with Gasteiger partial charge < -0.3 is 16.2 Å². The van der Waals surface area contributed by atoms with E-state index in [0.717, 1.165) is 45.4 Å². The Bertz CT molecular complexity index is 833. The summed E-state index contributed by atoms with van der Waals surface area (Å²) in [4.78, 5) is 19.5. The minimum Gasteiger partial charge on any atom is -0.450 e. The second-order valence-corrected chi connectivity index (χ2v) is 6.34. The number of fused-ring (bicyclic) bond motifs is 3. The lowest BCUT2D eigenvalue weighted by Crippen LogP contribution is -2.14. The Morgan fingerprint density at radius 2 is 2.09 bits per heavy atom.